The molecule has 44 heavy (non-hydrogen) atoms. The minimum absolute atomic E-state index is 1.14. The van der Waals surface area contributed by atoms with Gasteiger partial charge in [0.25, 0.3) is 0 Å². The van der Waals surface area contributed by atoms with Crippen molar-refractivity contribution in [3.63, 3.8) is 0 Å². The third-order valence-electron chi connectivity index (χ3n) is 9.16. The first-order valence-corrected chi connectivity index (χ1v) is 15.3. The van der Waals surface area contributed by atoms with Crippen LogP contribution >= 0.6 is 0 Å². The molecule has 0 aromatic heterocycles. The molecule has 0 spiro atoms. The first-order valence-electron chi connectivity index (χ1n) is 15.3. The molecule has 1 heteroatoms. The maximum atomic E-state index is 2.47. The van der Waals surface area contributed by atoms with Crippen molar-refractivity contribution in [1.29, 1.82) is 0 Å². The van der Waals surface area contributed by atoms with Crippen molar-refractivity contribution in [3.05, 3.63) is 162 Å². The highest BCUT2D eigenvalue weighted by atomic mass is 15.1. The van der Waals surface area contributed by atoms with E-state index in [1.807, 2.05) is 0 Å². The molecule has 9 rings (SSSR count). The Morgan fingerprint density at radius 2 is 0.977 bits per heavy atom. The predicted molar refractivity (Wildman–Crippen MR) is 191 cm³/mol. The molecule has 1 nitrogen and oxygen atoms in total. The number of hydrogen-bond donors (Lipinski definition) is 0. The van der Waals surface area contributed by atoms with Crippen LogP contribution < -0.4 is 4.90 Å². The lowest BCUT2D eigenvalue weighted by atomic mass is 9.85. The number of benzene rings is 9. The molecule has 0 saturated carbocycles. The molecule has 206 valence electrons. The van der Waals surface area contributed by atoms with Gasteiger partial charge < -0.3 is 4.90 Å². The summed E-state index contributed by atoms with van der Waals surface area (Å²) in [7, 11) is 0. The minimum Gasteiger partial charge on any atom is -0.309 e. The van der Waals surface area contributed by atoms with Crippen LogP contribution in [0.15, 0.2) is 146 Å². The van der Waals surface area contributed by atoms with E-state index in [0.29, 0.717) is 0 Å². The van der Waals surface area contributed by atoms with E-state index < -0.39 is 0 Å². The van der Waals surface area contributed by atoms with Crippen molar-refractivity contribution in [2.45, 2.75) is 6.92 Å². The van der Waals surface area contributed by atoms with Gasteiger partial charge in [-0.1, -0.05) is 133 Å². The zero-order valence-corrected chi connectivity index (χ0v) is 24.5. The molecule has 9 aromatic carbocycles. The van der Waals surface area contributed by atoms with Gasteiger partial charge in [-0.3, -0.25) is 0 Å². The standard InChI is InChI=1S/C43H29N/c1-28-13-22-35(23-14-28)44(36-24-17-30(18-25-36)16-15-29-7-3-2-4-8-29)43-37-12-6-10-32-19-20-34-27-33-11-5-9-31-21-26-38(43)42(39(31)33)41(34)40(32)37/h2-27H,1H3/b16-15+. The van der Waals surface area contributed by atoms with E-state index in [9.17, 15) is 0 Å². The van der Waals surface area contributed by atoms with E-state index in [1.165, 1.54) is 76.2 Å². The first-order chi connectivity index (χ1) is 21.7. The van der Waals surface area contributed by atoms with Crippen molar-refractivity contribution in [2.75, 3.05) is 4.90 Å². The number of hydrogen-bond acceptors (Lipinski definition) is 1. The molecule has 0 aliphatic carbocycles. The van der Waals surface area contributed by atoms with Gasteiger partial charge in [0.1, 0.15) is 0 Å². The second kappa shape index (κ2) is 9.69. The average Bonchev–Trinajstić information content (AvgIpc) is 3.08. The third-order valence-corrected chi connectivity index (χ3v) is 9.16. The SMILES string of the molecule is Cc1ccc(N(c2ccc(/C=C/c3ccccc3)cc2)c2c3cccc4ccc5cc6cccc7ccc2c(c76)c5c43)cc1. The minimum atomic E-state index is 1.14. The Labute approximate surface area is 256 Å². The Bertz CT molecular complexity index is 2470. The number of aryl methyl sites for hydroxylation is 1. The van der Waals surface area contributed by atoms with Crippen LogP contribution in [0.2, 0.25) is 0 Å². The molecule has 0 saturated heterocycles. The van der Waals surface area contributed by atoms with E-state index in [-0.39, 0.29) is 0 Å². The first kappa shape index (κ1) is 24.9. The number of nitrogens with zero attached hydrogens (tertiary/aromatic N) is 1. The monoisotopic (exact) mass is 559 g/mol. The predicted octanol–water partition coefficient (Wildman–Crippen LogP) is 12.3. The molecule has 0 unspecified atom stereocenters. The second-order valence-corrected chi connectivity index (χ2v) is 11.9. The van der Waals surface area contributed by atoms with E-state index >= 15 is 0 Å². The van der Waals surface area contributed by atoms with Crippen molar-refractivity contribution in [3.8, 4) is 0 Å². The maximum Gasteiger partial charge on any atom is 0.0619 e. The van der Waals surface area contributed by atoms with Crippen LogP contribution in [-0.2, 0) is 0 Å². The lowest BCUT2D eigenvalue weighted by Gasteiger charge is -2.30. The summed E-state index contributed by atoms with van der Waals surface area (Å²) in [6.45, 7) is 2.15. The van der Waals surface area contributed by atoms with Gasteiger partial charge in [-0.25, -0.2) is 0 Å². The fourth-order valence-corrected chi connectivity index (χ4v) is 7.11. The molecule has 0 bridgehead atoms. The molecule has 0 radical (unpaired) electrons. The van der Waals surface area contributed by atoms with Crippen molar-refractivity contribution < 1.29 is 0 Å². The molecular weight excluding hydrogens is 530 g/mol. The molecular formula is C43H29N. The maximum absolute atomic E-state index is 2.47. The number of rotatable bonds is 5. The molecule has 0 aliphatic heterocycles. The Morgan fingerprint density at radius 3 is 1.75 bits per heavy atom. The highest BCUT2D eigenvalue weighted by Crippen LogP contribution is 2.51. The molecule has 0 fully saturated rings. The molecule has 0 amide bonds. The summed E-state index contributed by atoms with van der Waals surface area (Å²) in [6, 6.07) is 53.4. The lowest BCUT2D eigenvalue weighted by Crippen LogP contribution is -2.11. The van der Waals surface area contributed by atoms with Crippen LogP contribution in [0, 0.1) is 6.92 Å². The molecule has 0 heterocycles. The summed E-state index contributed by atoms with van der Waals surface area (Å²) in [4.78, 5) is 2.47. The zero-order valence-electron chi connectivity index (χ0n) is 24.5. The van der Waals surface area contributed by atoms with E-state index in [4.69, 9.17) is 0 Å². The Morgan fingerprint density at radius 1 is 0.409 bits per heavy atom. The van der Waals surface area contributed by atoms with Crippen LogP contribution in [0.25, 0.3) is 66.0 Å². The average molecular weight is 560 g/mol. The van der Waals surface area contributed by atoms with E-state index in [1.54, 1.807) is 0 Å². The van der Waals surface area contributed by atoms with Gasteiger partial charge in [-0.15, -0.1) is 0 Å². The van der Waals surface area contributed by atoms with Crippen LogP contribution in [0.1, 0.15) is 16.7 Å². The summed E-state index contributed by atoms with van der Waals surface area (Å²) < 4.78 is 0. The third kappa shape index (κ3) is 3.80. The Hall–Kier alpha value is -5.66. The van der Waals surface area contributed by atoms with Gasteiger partial charge in [0.05, 0.1) is 5.69 Å². The zero-order chi connectivity index (χ0) is 29.2. The van der Waals surface area contributed by atoms with Gasteiger partial charge in [0, 0.05) is 27.5 Å². The van der Waals surface area contributed by atoms with Gasteiger partial charge in [-0.2, -0.15) is 0 Å². The van der Waals surface area contributed by atoms with Gasteiger partial charge in [0.15, 0.2) is 0 Å². The Kier molecular flexibility index (Phi) is 5.48. The van der Waals surface area contributed by atoms with E-state index in [2.05, 4.69) is 170 Å². The highest BCUT2D eigenvalue weighted by Gasteiger charge is 2.24. The van der Waals surface area contributed by atoms with Gasteiger partial charge in [-0.05, 0) is 86.1 Å². The summed E-state index contributed by atoms with van der Waals surface area (Å²) in [5.74, 6) is 0. The number of anilines is 3. The molecule has 0 aliphatic rings. The van der Waals surface area contributed by atoms with Crippen LogP contribution in [0.4, 0.5) is 17.1 Å². The molecule has 0 N–H and O–H groups in total. The van der Waals surface area contributed by atoms with Gasteiger partial charge >= 0.3 is 0 Å². The fourth-order valence-electron chi connectivity index (χ4n) is 7.11. The topological polar surface area (TPSA) is 3.24 Å². The van der Waals surface area contributed by atoms with Crippen molar-refractivity contribution in [1.82, 2.24) is 0 Å². The lowest BCUT2D eigenvalue weighted by molar-refractivity contribution is 1.30. The molecule has 0 atom stereocenters. The van der Waals surface area contributed by atoms with Crippen LogP contribution in [0.5, 0.6) is 0 Å². The second-order valence-electron chi connectivity index (χ2n) is 11.9. The van der Waals surface area contributed by atoms with Gasteiger partial charge in [0.2, 0.25) is 0 Å². The summed E-state index contributed by atoms with van der Waals surface area (Å²) in [5, 5.41) is 13.1. The fraction of sp³-hybridized carbons (Fsp3) is 0.0233. The summed E-state index contributed by atoms with van der Waals surface area (Å²) >= 11 is 0. The highest BCUT2D eigenvalue weighted by molar-refractivity contribution is 6.40. The normalized spacial score (nSPS) is 12.1. The smallest absolute Gasteiger partial charge is 0.0619 e. The largest absolute Gasteiger partial charge is 0.309 e. The van der Waals surface area contributed by atoms with Crippen molar-refractivity contribution in [2.24, 2.45) is 0 Å². The van der Waals surface area contributed by atoms with Crippen LogP contribution in [0.3, 0.4) is 0 Å². The van der Waals surface area contributed by atoms with E-state index in [0.717, 1.165) is 11.4 Å². The quantitative estimate of drug-likeness (QED) is 0.115. The summed E-state index contributed by atoms with van der Waals surface area (Å²) in [5.41, 5.74) is 7.14. The van der Waals surface area contributed by atoms with Crippen molar-refractivity contribution >= 4 is 83.1 Å². The summed E-state index contributed by atoms with van der Waals surface area (Å²) in [6.07, 6.45) is 4.36. The Balaban J connectivity index is 1.35. The van der Waals surface area contributed by atoms with Crippen LogP contribution in [-0.4, -0.2) is 0 Å². The molecule has 9 aromatic rings.